The molecule has 0 amide bonds. The molecule has 0 aromatic carbocycles. The van der Waals surface area contributed by atoms with Crippen molar-refractivity contribution in [2.45, 2.75) is 39.3 Å². The van der Waals surface area contributed by atoms with Gasteiger partial charge >= 0.3 is 13.3 Å². The number of aromatic nitrogens is 2. The van der Waals surface area contributed by atoms with Crippen LogP contribution in [0.25, 0.3) is 0 Å². The Morgan fingerprint density at radius 3 is 2.58 bits per heavy atom. The standard InChI is InChI=1S/C15H23N2O6P/c1-4-22-24(20,23-5-2)12-7-9-21-15(3,10-12)11-17-8-6-13(18)16-14(17)19/h6,8,10H,4-5,7,9,11H2,1-3H3,(H,16,18,19). The fourth-order valence-electron chi connectivity index (χ4n) is 2.61. The summed E-state index contributed by atoms with van der Waals surface area (Å²) in [4.78, 5) is 25.2. The Kier molecular flexibility index (Phi) is 5.98. The van der Waals surface area contributed by atoms with Crippen molar-refractivity contribution < 1.29 is 18.3 Å². The first kappa shape index (κ1) is 18.9. The van der Waals surface area contributed by atoms with E-state index in [2.05, 4.69) is 4.98 Å². The average Bonchev–Trinajstić information content (AvgIpc) is 2.51. The van der Waals surface area contributed by atoms with Gasteiger partial charge in [-0.15, -0.1) is 0 Å². The van der Waals surface area contributed by atoms with Crippen molar-refractivity contribution in [1.82, 2.24) is 9.55 Å². The fourth-order valence-corrected chi connectivity index (χ4v) is 4.49. The lowest BCUT2D eigenvalue weighted by Crippen LogP contribution is -2.40. The summed E-state index contributed by atoms with van der Waals surface area (Å²) in [5, 5.41) is 0.553. The molecule has 8 nitrogen and oxygen atoms in total. The van der Waals surface area contributed by atoms with Crippen LogP contribution in [0.5, 0.6) is 0 Å². The molecular weight excluding hydrogens is 335 g/mol. The molecule has 1 aliphatic rings. The third kappa shape index (κ3) is 4.33. The number of hydrogen-bond donors (Lipinski definition) is 1. The van der Waals surface area contributed by atoms with Crippen molar-refractivity contribution in [2.24, 2.45) is 0 Å². The van der Waals surface area contributed by atoms with Crippen molar-refractivity contribution in [3.05, 3.63) is 44.5 Å². The normalized spacial score (nSPS) is 21.5. The summed E-state index contributed by atoms with van der Waals surface area (Å²) in [5.74, 6) is 0. The minimum absolute atomic E-state index is 0.171. The van der Waals surface area contributed by atoms with E-state index in [4.69, 9.17) is 13.8 Å². The van der Waals surface area contributed by atoms with Crippen LogP contribution in [0.4, 0.5) is 0 Å². The molecule has 0 bridgehead atoms. The van der Waals surface area contributed by atoms with Gasteiger partial charge in [-0.1, -0.05) is 0 Å². The Labute approximate surface area is 140 Å². The summed E-state index contributed by atoms with van der Waals surface area (Å²) in [6.07, 6.45) is 3.55. The minimum atomic E-state index is -3.36. The summed E-state index contributed by atoms with van der Waals surface area (Å²) < 4.78 is 30.8. The fraction of sp³-hybridized carbons (Fsp3) is 0.600. The third-order valence-electron chi connectivity index (χ3n) is 3.59. The number of nitrogens with zero attached hydrogens (tertiary/aromatic N) is 1. The highest BCUT2D eigenvalue weighted by Crippen LogP contribution is 2.58. The van der Waals surface area contributed by atoms with Crippen LogP contribution in [-0.4, -0.2) is 35.0 Å². The third-order valence-corrected chi connectivity index (χ3v) is 5.85. The molecule has 0 saturated heterocycles. The van der Waals surface area contributed by atoms with Crippen LogP contribution in [-0.2, 0) is 24.9 Å². The van der Waals surface area contributed by atoms with Gasteiger partial charge in [-0.25, -0.2) is 4.79 Å². The van der Waals surface area contributed by atoms with Gasteiger partial charge in [0.25, 0.3) is 5.56 Å². The van der Waals surface area contributed by atoms with Gasteiger partial charge in [0.05, 0.1) is 26.4 Å². The molecule has 0 spiro atoms. The topological polar surface area (TPSA) is 99.6 Å². The number of ether oxygens (including phenoxy) is 1. The van der Waals surface area contributed by atoms with Crippen molar-refractivity contribution >= 4 is 7.60 Å². The zero-order chi connectivity index (χ0) is 17.8. The quantitative estimate of drug-likeness (QED) is 0.747. The maximum Gasteiger partial charge on any atom is 0.357 e. The Morgan fingerprint density at radius 2 is 2.00 bits per heavy atom. The van der Waals surface area contributed by atoms with E-state index in [-0.39, 0.29) is 19.8 Å². The van der Waals surface area contributed by atoms with Crippen LogP contribution in [0.2, 0.25) is 0 Å². The zero-order valence-corrected chi connectivity index (χ0v) is 15.0. The zero-order valence-electron chi connectivity index (χ0n) is 14.1. The average molecular weight is 358 g/mol. The van der Waals surface area contributed by atoms with E-state index in [0.717, 1.165) is 0 Å². The molecule has 1 unspecified atom stereocenters. The molecule has 1 atom stereocenters. The van der Waals surface area contributed by atoms with E-state index in [1.54, 1.807) is 26.8 Å². The Bertz CT molecular complexity index is 758. The first-order chi connectivity index (χ1) is 11.3. The Hall–Kier alpha value is -1.47. The highest BCUT2D eigenvalue weighted by Gasteiger charge is 2.37. The number of nitrogens with one attached hydrogen (secondary N) is 1. The summed E-state index contributed by atoms with van der Waals surface area (Å²) in [6.45, 7) is 6.34. The van der Waals surface area contributed by atoms with Crippen LogP contribution >= 0.6 is 7.60 Å². The van der Waals surface area contributed by atoms with E-state index in [1.165, 1.54) is 16.8 Å². The second kappa shape index (κ2) is 7.61. The minimum Gasteiger partial charge on any atom is -0.369 e. The summed E-state index contributed by atoms with van der Waals surface area (Å²) in [5.41, 5.74) is -1.84. The van der Waals surface area contributed by atoms with Crippen molar-refractivity contribution in [3.8, 4) is 0 Å². The van der Waals surface area contributed by atoms with Crippen LogP contribution in [0.1, 0.15) is 27.2 Å². The molecule has 1 aliphatic heterocycles. The molecule has 2 rings (SSSR count). The number of hydrogen-bond acceptors (Lipinski definition) is 6. The molecule has 1 aromatic heterocycles. The number of rotatable bonds is 7. The van der Waals surface area contributed by atoms with E-state index in [9.17, 15) is 14.2 Å². The van der Waals surface area contributed by atoms with Crippen LogP contribution in [0.3, 0.4) is 0 Å². The van der Waals surface area contributed by atoms with Gasteiger partial charge in [0, 0.05) is 24.0 Å². The van der Waals surface area contributed by atoms with E-state index in [0.29, 0.717) is 18.3 Å². The van der Waals surface area contributed by atoms with Crippen molar-refractivity contribution in [3.63, 3.8) is 0 Å². The monoisotopic (exact) mass is 358 g/mol. The molecule has 24 heavy (non-hydrogen) atoms. The number of H-pyrrole nitrogens is 1. The van der Waals surface area contributed by atoms with Crippen LogP contribution in [0, 0.1) is 0 Å². The predicted octanol–water partition coefficient (Wildman–Crippen LogP) is 1.87. The molecule has 9 heteroatoms. The Morgan fingerprint density at radius 1 is 1.33 bits per heavy atom. The summed E-state index contributed by atoms with van der Waals surface area (Å²) >= 11 is 0. The van der Waals surface area contributed by atoms with Gasteiger partial charge in [-0.2, -0.15) is 0 Å². The molecule has 0 radical (unpaired) electrons. The molecule has 2 heterocycles. The van der Waals surface area contributed by atoms with Crippen LogP contribution < -0.4 is 11.2 Å². The highest BCUT2D eigenvalue weighted by molar-refractivity contribution is 7.58. The van der Waals surface area contributed by atoms with Gasteiger partial charge in [0.1, 0.15) is 5.60 Å². The van der Waals surface area contributed by atoms with Gasteiger partial charge in [-0.3, -0.25) is 18.9 Å². The van der Waals surface area contributed by atoms with Crippen molar-refractivity contribution in [1.29, 1.82) is 0 Å². The summed E-state index contributed by atoms with van der Waals surface area (Å²) in [6, 6.07) is 1.27. The molecule has 1 N–H and O–H groups in total. The maximum atomic E-state index is 12.9. The first-order valence-electron chi connectivity index (χ1n) is 7.87. The SMILES string of the molecule is CCOP(=O)(OCC)C1=CC(C)(Cn2ccc(=O)[nH]c2=O)OCC1. The second-order valence-electron chi connectivity index (χ2n) is 5.62. The van der Waals surface area contributed by atoms with Gasteiger partial charge in [0.15, 0.2) is 0 Å². The smallest absolute Gasteiger partial charge is 0.357 e. The molecule has 1 aromatic rings. The Balaban J connectivity index is 2.33. The lowest BCUT2D eigenvalue weighted by molar-refractivity contribution is -0.0149. The maximum absolute atomic E-state index is 12.9. The predicted molar refractivity (Wildman–Crippen MR) is 89.2 cm³/mol. The molecular formula is C15H23N2O6P. The first-order valence-corrected chi connectivity index (χ1v) is 9.41. The van der Waals surface area contributed by atoms with E-state index >= 15 is 0 Å². The van der Waals surface area contributed by atoms with Gasteiger partial charge in [0.2, 0.25) is 0 Å². The van der Waals surface area contributed by atoms with Crippen molar-refractivity contribution in [2.75, 3.05) is 19.8 Å². The van der Waals surface area contributed by atoms with E-state index < -0.39 is 24.4 Å². The molecule has 134 valence electrons. The lowest BCUT2D eigenvalue weighted by Gasteiger charge is -2.34. The van der Waals surface area contributed by atoms with E-state index in [1.807, 2.05) is 0 Å². The number of aromatic amines is 1. The van der Waals surface area contributed by atoms with Gasteiger partial charge in [-0.05, 0) is 26.8 Å². The second-order valence-corrected chi connectivity index (χ2v) is 7.70. The van der Waals surface area contributed by atoms with Gasteiger partial charge < -0.3 is 13.8 Å². The van der Waals surface area contributed by atoms with Crippen LogP contribution in [0.15, 0.2) is 33.2 Å². The lowest BCUT2D eigenvalue weighted by atomic mass is 10.0. The molecule has 0 aliphatic carbocycles. The molecule has 0 saturated carbocycles. The highest BCUT2D eigenvalue weighted by atomic mass is 31.2. The molecule has 0 fully saturated rings. The summed E-state index contributed by atoms with van der Waals surface area (Å²) in [7, 11) is -3.36. The largest absolute Gasteiger partial charge is 0.369 e.